The van der Waals surface area contributed by atoms with Crippen LogP contribution in [0.15, 0.2) is 47.4 Å². The van der Waals surface area contributed by atoms with E-state index >= 15 is 0 Å². The van der Waals surface area contributed by atoms with Gasteiger partial charge < -0.3 is 14.4 Å². The van der Waals surface area contributed by atoms with E-state index in [2.05, 4.69) is 0 Å². The van der Waals surface area contributed by atoms with Crippen molar-refractivity contribution in [3.63, 3.8) is 0 Å². The molecule has 0 radical (unpaired) electrons. The second-order valence-corrected chi connectivity index (χ2v) is 8.12. The van der Waals surface area contributed by atoms with Crippen LogP contribution in [-0.4, -0.2) is 40.8 Å². The zero-order chi connectivity index (χ0) is 18.7. The molecule has 138 valence electrons. The highest BCUT2D eigenvalue weighted by Gasteiger charge is 2.26. The zero-order valence-corrected chi connectivity index (χ0v) is 15.6. The van der Waals surface area contributed by atoms with Crippen molar-refractivity contribution in [3.8, 4) is 11.5 Å². The minimum Gasteiger partial charge on any atom is -0.493 e. The SMILES string of the molecule is COc1ccc(S(=O)(=O)CCC(=O)N2CCc3ccccc32)cc1OC. The van der Waals surface area contributed by atoms with E-state index in [0.29, 0.717) is 18.0 Å². The fourth-order valence-electron chi connectivity index (χ4n) is 3.08. The van der Waals surface area contributed by atoms with Crippen molar-refractivity contribution in [1.82, 2.24) is 0 Å². The van der Waals surface area contributed by atoms with Crippen LogP contribution in [0.1, 0.15) is 12.0 Å². The molecular weight excluding hydrogens is 354 g/mol. The Balaban J connectivity index is 1.72. The molecule has 3 rings (SSSR count). The van der Waals surface area contributed by atoms with Crippen LogP contribution in [0.5, 0.6) is 11.5 Å². The Hall–Kier alpha value is -2.54. The van der Waals surface area contributed by atoms with Crippen molar-refractivity contribution >= 4 is 21.4 Å². The minimum absolute atomic E-state index is 0.0645. The van der Waals surface area contributed by atoms with Gasteiger partial charge in [0.1, 0.15) is 0 Å². The van der Waals surface area contributed by atoms with Gasteiger partial charge in [-0.3, -0.25) is 4.79 Å². The molecule has 1 aliphatic rings. The predicted molar refractivity (Wildman–Crippen MR) is 98.7 cm³/mol. The van der Waals surface area contributed by atoms with E-state index in [-0.39, 0.29) is 23.0 Å². The van der Waals surface area contributed by atoms with Gasteiger partial charge in [-0.2, -0.15) is 0 Å². The fraction of sp³-hybridized carbons (Fsp3) is 0.316. The summed E-state index contributed by atoms with van der Waals surface area (Å²) in [5, 5.41) is 0. The largest absolute Gasteiger partial charge is 0.493 e. The monoisotopic (exact) mass is 375 g/mol. The first kappa shape index (κ1) is 18.3. The summed E-state index contributed by atoms with van der Waals surface area (Å²) in [6.45, 7) is 0.592. The van der Waals surface area contributed by atoms with Crippen LogP contribution in [-0.2, 0) is 21.1 Å². The van der Waals surface area contributed by atoms with E-state index in [1.165, 1.54) is 26.4 Å². The number of carbonyl (C=O) groups excluding carboxylic acids is 1. The lowest BCUT2D eigenvalue weighted by Gasteiger charge is -2.17. The fourth-order valence-corrected chi connectivity index (χ4v) is 4.32. The Morgan fingerprint density at radius 2 is 1.81 bits per heavy atom. The van der Waals surface area contributed by atoms with E-state index in [1.807, 2.05) is 24.3 Å². The number of ether oxygens (including phenoxy) is 2. The Morgan fingerprint density at radius 1 is 1.08 bits per heavy atom. The Labute approximate surface area is 153 Å². The number of sulfone groups is 1. The van der Waals surface area contributed by atoms with Gasteiger partial charge in [-0.1, -0.05) is 18.2 Å². The number of benzene rings is 2. The van der Waals surface area contributed by atoms with Crippen LogP contribution < -0.4 is 14.4 Å². The molecule has 0 spiro atoms. The number of carbonyl (C=O) groups is 1. The van der Waals surface area contributed by atoms with Gasteiger partial charge in [-0.05, 0) is 30.2 Å². The number of hydrogen-bond acceptors (Lipinski definition) is 5. The van der Waals surface area contributed by atoms with Crippen LogP contribution in [0.25, 0.3) is 0 Å². The predicted octanol–water partition coefficient (Wildman–Crippen LogP) is 2.46. The first-order chi connectivity index (χ1) is 12.5. The molecule has 6 nitrogen and oxygen atoms in total. The van der Waals surface area contributed by atoms with Crippen molar-refractivity contribution < 1.29 is 22.7 Å². The molecule has 0 unspecified atom stereocenters. The molecule has 1 amide bonds. The van der Waals surface area contributed by atoms with Gasteiger partial charge in [0, 0.05) is 24.7 Å². The Kier molecular flexibility index (Phi) is 5.18. The van der Waals surface area contributed by atoms with Crippen LogP contribution in [0.4, 0.5) is 5.69 Å². The van der Waals surface area contributed by atoms with Crippen molar-refractivity contribution in [2.45, 2.75) is 17.7 Å². The summed E-state index contributed by atoms with van der Waals surface area (Å²) >= 11 is 0. The lowest BCUT2D eigenvalue weighted by Crippen LogP contribution is -2.30. The van der Waals surface area contributed by atoms with E-state index in [4.69, 9.17) is 9.47 Å². The standard InChI is InChI=1S/C19H21NO5S/c1-24-17-8-7-15(13-18(17)25-2)26(22,23)12-10-19(21)20-11-9-14-5-3-4-6-16(14)20/h3-8,13H,9-12H2,1-2H3. The van der Waals surface area contributed by atoms with Gasteiger partial charge in [0.25, 0.3) is 0 Å². The number of para-hydroxylation sites is 1. The number of amides is 1. The third-order valence-electron chi connectivity index (χ3n) is 4.49. The van der Waals surface area contributed by atoms with Gasteiger partial charge in [0.2, 0.25) is 5.91 Å². The number of hydrogen-bond donors (Lipinski definition) is 0. The number of nitrogens with zero attached hydrogens (tertiary/aromatic N) is 1. The van der Waals surface area contributed by atoms with Gasteiger partial charge in [-0.15, -0.1) is 0 Å². The van der Waals surface area contributed by atoms with Crippen molar-refractivity contribution in [2.24, 2.45) is 0 Å². The molecule has 1 heterocycles. The lowest BCUT2D eigenvalue weighted by molar-refractivity contribution is -0.118. The zero-order valence-electron chi connectivity index (χ0n) is 14.8. The third-order valence-corrected chi connectivity index (χ3v) is 6.20. The molecule has 0 aromatic heterocycles. The second kappa shape index (κ2) is 7.37. The second-order valence-electron chi connectivity index (χ2n) is 6.01. The number of rotatable bonds is 6. The van der Waals surface area contributed by atoms with Crippen LogP contribution in [0, 0.1) is 0 Å². The maximum atomic E-state index is 12.6. The molecule has 0 aliphatic carbocycles. The molecule has 7 heteroatoms. The highest BCUT2D eigenvalue weighted by Crippen LogP contribution is 2.31. The first-order valence-electron chi connectivity index (χ1n) is 8.29. The van der Waals surface area contributed by atoms with Crippen LogP contribution in [0.2, 0.25) is 0 Å². The molecule has 0 N–H and O–H groups in total. The number of fused-ring (bicyclic) bond motifs is 1. The minimum atomic E-state index is -3.60. The molecule has 0 atom stereocenters. The normalized spacial score (nSPS) is 13.4. The summed E-state index contributed by atoms with van der Waals surface area (Å²) < 4.78 is 35.5. The third kappa shape index (κ3) is 3.53. The maximum Gasteiger partial charge on any atom is 0.228 e. The van der Waals surface area contributed by atoms with Gasteiger partial charge in [-0.25, -0.2) is 8.42 Å². The molecule has 0 fully saturated rings. The highest BCUT2D eigenvalue weighted by atomic mass is 32.2. The van der Waals surface area contributed by atoms with Crippen molar-refractivity contribution in [2.75, 3.05) is 31.4 Å². The Morgan fingerprint density at radius 3 is 2.54 bits per heavy atom. The topological polar surface area (TPSA) is 72.9 Å². The first-order valence-corrected chi connectivity index (χ1v) is 9.94. The van der Waals surface area contributed by atoms with Gasteiger partial charge in [0.15, 0.2) is 21.3 Å². The smallest absolute Gasteiger partial charge is 0.228 e. The van der Waals surface area contributed by atoms with Gasteiger partial charge >= 0.3 is 0 Å². The highest BCUT2D eigenvalue weighted by molar-refractivity contribution is 7.91. The number of anilines is 1. The summed E-state index contributed by atoms with van der Waals surface area (Å²) in [6.07, 6.45) is 0.732. The summed E-state index contributed by atoms with van der Waals surface area (Å²) in [4.78, 5) is 14.3. The molecule has 0 saturated heterocycles. The van der Waals surface area contributed by atoms with E-state index < -0.39 is 9.84 Å². The molecule has 2 aromatic rings. The summed E-state index contributed by atoms with van der Waals surface area (Å²) in [6, 6.07) is 12.1. The van der Waals surface area contributed by atoms with E-state index in [1.54, 1.807) is 11.0 Å². The summed E-state index contributed by atoms with van der Waals surface area (Å²) in [5.74, 6) is 0.364. The molecule has 2 aromatic carbocycles. The summed E-state index contributed by atoms with van der Waals surface area (Å²) in [7, 11) is -0.671. The van der Waals surface area contributed by atoms with E-state index in [9.17, 15) is 13.2 Å². The molecule has 1 aliphatic heterocycles. The maximum absolute atomic E-state index is 12.6. The quantitative estimate of drug-likeness (QED) is 0.775. The van der Waals surface area contributed by atoms with Crippen molar-refractivity contribution in [3.05, 3.63) is 48.0 Å². The van der Waals surface area contributed by atoms with Crippen LogP contribution >= 0.6 is 0 Å². The average Bonchev–Trinajstić information content (AvgIpc) is 3.09. The van der Waals surface area contributed by atoms with Gasteiger partial charge in [0.05, 0.1) is 24.9 Å². The molecule has 0 bridgehead atoms. The van der Waals surface area contributed by atoms with E-state index in [0.717, 1.165) is 17.7 Å². The molecule has 0 saturated carbocycles. The summed E-state index contributed by atoms with van der Waals surface area (Å²) in [5.41, 5.74) is 1.99. The van der Waals surface area contributed by atoms with Crippen LogP contribution in [0.3, 0.4) is 0 Å². The Bertz CT molecular complexity index is 923. The average molecular weight is 375 g/mol. The molecule has 26 heavy (non-hydrogen) atoms. The van der Waals surface area contributed by atoms with Crippen molar-refractivity contribution in [1.29, 1.82) is 0 Å². The lowest BCUT2D eigenvalue weighted by atomic mass is 10.2. The number of methoxy groups -OCH3 is 2. The molecular formula is C19H21NO5S.